The largest absolute Gasteiger partial charge is 0.449 e. The summed E-state index contributed by atoms with van der Waals surface area (Å²) in [5, 5.41) is 0. The van der Waals surface area contributed by atoms with Gasteiger partial charge in [-0.3, -0.25) is 0 Å². The molecule has 0 atom stereocenters. The van der Waals surface area contributed by atoms with Crippen LogP contribution < -0.4 is 0 Å². The molecule has 0 heterocycles. The van der Waals surface area contributed by atoms with Gasteiger partial charge in [0.05, 0.1) is 6.61 Å². The lowest BCUT2D eigenvalue weighted by Crippen LogP contribution is -2.38. The van der Waals surface area contributed by atoms with Gasteiger partial charge in [0.2, 0.25) is 0 Å². The maximum absolute atomic E-state index is 11.4. The first kappa shape index (κ1) is 12.3. The SMILES string of the molecule is CCCOC(=O)N(CCC)C(C)C. The van der Waals surface area contributed by atoms with Crippen LogP contribution in [0, 0.1) is 0 Å². The molecule has 0 spiro atoms. The van der Waals surface area contributed by atoms with Gasteiger partial charge in [0.25, 0.3) is 0 Å². The van der Waals surface area contributed by atoms with E-state index in [0.29, 0.717) is 6.61 Å². The fourth-order valence-electron chi connectivity index (χ4n) is 1.07. The van der Waals surface area contributed by atoms with Gasteiger partial charge in [0.15, 0.2) is 0 Å². The Hall–Kier alpha value is -0.730. The third-order valence-electron chi connectivity index (χ3n) is 1.75. The molecule has 0 aliphatic rings. The number of rotatable bonds is 5. The summed E-state index contributed by atoms with van der Waals surface area (Å²) in [6, 6.07) is 0.226. The van der Waals surface area contributed by atoms with Crippen LogP contribution in [0.4, 0.5) is 4.79 Å². The molecule has 13 heavy (non-hydrogen) atoms. The van der Waals surface area contributed by atoms with E-state index < -0.39 is 0 Å². The maximum atomic E-state index is 11.4. The molecule has 0 N–H and O–H groups in total. The number of hydrogen-bond donors (Lipinski definition) is 0. The molecule has 0 bridgehead atoms. The van der Waals surface area contributed by atoms with Crippen molar-refractivity contribution in [2.45, 2.75) is 46.6 Å². The van der Waals surface area contributed by atoms with Crippen LogP contribution in [0.2, 0.25) is 0 Å². The van der Waals surface area contributed by atoms with Gasteiger partial charge in [0.1, 0.15) is 0 Å². The van der Waals surface area contributed by atoms with E-state index in [1.807, 2.05) is 20.8 Å². The zero-order valence-electron chi connectivity index (χ0n) is 9.17. The highest BCUT2D eigenvalue weighted by molar-refractivity contribution is 5.67. The first-order chi connectivity index (χ1) is 6.13. The minimum atomic E-state index is -0.182. The van der Waals surface area contributed by atoms with Crippen molar-refractivity contribution in [3.05, 3.63) is 0 Å². The topological polar surface area (TPSA) is 29.5 Å². The number of carbonyl (C=O) groups is 1. The van der Waals surface area contributed by atoms with Crippen molar-refractivity contribution in [3.63, 3.8) is 0 Å². The molecule has 0 radical (unpaired) electrons. The minimum absolute atomic E-state index is 0.182. The van der Waals surface area contributed by atoms with Crippen LogP contribution in [-0.4, -0.2) is 30.2 Å². The zero-order valence-corrected chi connectivity index (χ0v) is 9.17. The molecule has 0 unspecified atom stereocenters. The van der Waals surface area contributed by atoms with Gasteiger partial charge in [-0.15, -0.1) is 0 Å². The van der Waals surface area contributed by atoms with E-state index in [1.54, 1.807) is 4.90 Å². The van der Waals surface area contributed by atoms with E-state index in [1.165, 1.54) is 0 Å². The van der Waals surface area contributed by atoms with Crippen LogP contribution >= 0.6 is 0 Å². The van der Waals surface area contributed by atoms with Crippen molar-refractivity contribution in [1.82, 2.24) is 4.90 Å². The minimum Gasteiger partial charge on any atom is -0.449 e. The normalized spacial score (nSPS) is 10.2. The van der Waals surface area contributed by atoms with E-state index >= 15 is 0 Å². The Morgan fingerprint density at radius 3 is 2.31 bits per heavy atom. The monoisotopic (exact) mass is 187 g/mol. The number of amides is 1. The van der Waals surface area contributed by atoms with Crippen LogP contribution in [0.15, 0.2) is 0 Å². The second-order valence-electron chi connectivity index (χ2n) is 3.40. The molecule has 0 rings (SSSR count). The summed E-state index contributed by atoms with van der Waals surface area (Å²) in [7, 11) is 0. The third kappa shape index (κ3) is 4.76. The van der Waals surface area contributed by atoms with Gasteiger partial charge in [0, 0.05) is 12.6 Å². The molecule has 0 aliphatic carbocycles. The highest BCUT2D eigenvalue weighted by Gasteiger charge is 2.16. The van der Waals surface area contributed by atoms with Gasteiger partial charge in [-0.2, -0.15) is 0 Å². The molecular formula is C10H21NO2. The summed E-state index contributed by atoms with van der Waals surface area (Å²) in [5.74, 6) is 0. The zero-order chi connectivity index (χ0) is 10.3. The second kappa shape index (κ2) is 6.75. The number of ether oxygens (including phenoxy) is 1. The molecule has 0 aromatic rings. The van der Waals surface area contributed by atoms with E-state index in [2.05, 4.69) is 6.92 Å². The Kier molecular flexibility index (Phi) is 6.37. The van der Waals surface area contributed by atoms with Crippen molar-refractivity contribution in [2.24, 2.45) is 0 Å². The van der Waals surface area contributed by atoms with Gasteiger partial charge in [-0.25, -0.2) is 4.79 Å². The predicted octanol–water partition coefficient (Wildman–Crippen LogP) is 2.65. The second-order valence-corrected chi connectivity index (χ2v) is 3.40. The Labute approximate surface area is 81.1 Å². The smallest absolute Gasteiger partial charge is 0.409 e. The lowest BCUT2D eigenvalue weighted by atomic mass is 10.3. The summed E-state index contributed by atoms with van der Waals surface area (Å²) in [6.07, 6.45) is 1.67. The molecule has 0 aromatic heterocycles. The summed E-state index contributed by atoms with van der Waals surface area (Å²) in [6.45, 7) is 9.35. The first-order valence-corrected chi connectivity index (χ1v) is 5.06. The van der Waals surface area contributed by atoms with E-state index in [0.717, 1.165) is 19.4 Å². The average molecular weight is 187 g/mol. The number of nitrogens with zero attached hydrogens (tertiary/aromatic N) is 1. The third-order valence-corrected chi connectivity index (χ3v) is 1.75. The molecule has 0 fully saturated rings. The first-order valence-electron chi connectivity index (χ1n) is 5.06. The van der Waals surface area contributed by atoms with Crippen molar-refractivity contribution >= 4 is 6.09 Å². The number of carbonyl (C=O) groups excluding carboxylic acids is 1. The fraction of sp³-hybridized carbons (Fsp3) is 0.900. The maximum Gasteiger partial charge on any atom is 0.409 e. The Morgan fingerprint density at radius 2 is 1.92 bits per heavy atom. The highest BCUT2D eigenvalue weighted by atomic mass is 16.6. The summed E-state index contributed by atoms with van der Waals surface area (Å²) in [4.78, 5) is 13.2. The standard InChI is InChI=1S/C10H21NO2/c1-5-7-11(9(3)4)10(12)13-8-6-2/h9H,5-8H2,1-4H3. The molecule has 0 aliphatic heterocycles. The van der Waals surface area contributed by atoms with Gasteiger partial charge in [-0.05, 0) is 26.7 Å². The highest BCUT2D eigenvalue weighted by Crippen LogP contribution is 2.03. The predicted molar refractivity (Wildman–Crippen MR) is 53.8 cm³/mol. The molecule has 0 aromatic carbocycles. The molecule has 0 saturated heterocycles. The van der Waals surface area contributed by atoms with Crippen LogP contribution in [-0.2, 0) is 4.74 Å². The lowest BCUT2D eigenvalue weighted by Gasteiger charge is -2.25. The van der Waals surface area contributed by atoms with Gasteiger partial charge < -0.3 is 9.64 Å². The molecular weight excluding hydrogens is 166 g/mol. The van der Waals surface area contributed by atoms with E-state index in [4.69, 9.17) is 4.74 Å². The van der Waals surface area contributed by atoms with E-state index in [-0.39, 0.29) is 12.1 Å². The van der Waals surface area contributed by atoms with E-state index in [9.17, 15) is 4.79 Å². The van der Waals surface area contributed by atoms with Crippen LogP contribution in [0.3, 0.4) is 0 Å². The van der Waals surface area contributed by atoms with Crippen LogP contribution in [0.25, 0.3) is 0 Å². The molecule has 0 saturated carbocycles. The summed E-state index contributed by atoms with van der Waals surface area (Å²) >= 11 is 0. The van der Waals surface area contributed by atoms with Crippen molar-refractivity contribution in [3.8, 4) is 0 Å². The van der Waals surface area contributed by atoms with Crippen LogP contribution in [0.1, 0.15) is 40.5 Å². The Morgan fingerprint density at radius 1 is 1.31 bits per heavy atom. The molecule has 78 valence electrons. The van der Waals surface area contributed by atoms with Gasteiger partial charge >= 0.3 is 6.09 Å². The fourth-order valence-corrected chi connectivity index (χ4v) is 1.07. The summed E-state index contributed by atoms with van der Waals surface area (Å²) < 4.78 is 5.05. The van der Waals surface area contributed by atoms with Crippen molar-refractivity contribution in [1.29, 1.82) is 0 Å². The van der Waals surface area contributed by atoms with Gasteiger partial charge in [-0.1, -0.05) is 13.8 Å². The Bertz CT molecular complexity index is 146. The van der Waals surface area contributed by atoms with Crippen molar-refractivity contribution < 1.29 is 9.53 Å². The number of hydrogen-bond acceptors (Lipinski definition) is 2. The van der Waals surface area contributed by atoms with Crippen molar-refractivity contribution in [2.75, 3.05) is 13.2 Å². The average Bonchev–Trinajstić information content (AvgIpc) is 2.09. The molecule has 3 nitrogen and oxygen atoms in total. The van der Waals surface area contributed by atoms with Crippen LogP contribution in [0.5, 0.6) is 0 Å². The summed E-state index contributed by atoms with van der Waals surface area (Å²) in [5.41, 5.74) is 0. The Balaban J connectivity index is 3.96. The quantitative estimate of drug-likeness (QED) is 0.662. The lowest BCUT2D eigenvalue weighted by molar-refractivity contribution is 0.0917. The molecule has 1 amide bonds. The molecule has 3 heteroatoms.